The molecule has 0 aromatic heterocycles. The minimum absolute atomic E-state index is 0.0136. The Morgan fingerprint density at radius 3 is 2.12 bits per heavy atom. The van der Waals surface area contributed by atoms with Gasteiger partial charge in [0.05, 0.1) is 0 Å². The van der Waals surface area contributed by atoms with E-state index in [4.69, 9.17) is 9.47 Å². The van der Waals surface area contributed by atoms with Gasteiger partial charge in [0.2, 0.25) is 0 Å². The van der Waals surface area contributed by atoms with E-state index in [0.29, 0.717) is 48.7 Å². The molecule has 306 valence electrons. The first-order chi connectivity index (χ1) is 32.1. The van der Waals surface area contributed by atoms with Gasteiger partial charge < -0.3 is 9.47 Å². The highest BCUT2D eigenvalue weighted by atomic mass is 16.5. The van der Waals surface area contributed by atoms with Crippen LogP contribution < -0.4 is 25.1 Å². The first-order valence-electron chi connectivity index (χ1n) is 24.7. The second-order valence-corrected chi connectivity index (χ2v) is 22.5. The number of hydrogen-bond donors (Lipinski definition) is 0. The quantitative estimate of drug-likeness (QED) is 0.149. The maximum atomic E-state index is 6.90. The van der Waals surface area contributed by atoms with Crippen molar-refractivity contribution in [1.82, 2.24) is 4.90 Å². The van der Waals surface area contributed by atoms with Gasteiger partial charge in [0.15, 0.2) is 11.5 Å². The van der Waals surface area contributed by atoms with Crippen LogP contribution in [0.2, 0.25) is 0 Å². The molecule has 1 heterocycles. The summed E-state index contributed by atoms with van der Waals surface area (Å²) in [5, 5.41) is 28.0. The summed E-state index contributed by atoms with van der Waals surface area (Å²) in [6, 6.07) is 36.5. The fraction of sp³-hybridized carbons (Fsp3) is 0.258. The van der Waals surface area contributed by atoms with E-state index in [-0.39, 0.29) is 11.5 Å². The van der Waals surface area contributed by atoms with Gasteiger partial charge in [-0.3, -0.25) is 4.90 Å². The Morgan fingerprint density at radius 1 is 0.585 bits per heavy atom. The third kappa shape index (κ3) is 3.10. The molecule has 65 heavy (non-hydrogen) atoms. The Labute approximate surface area is 373 Å². The van der Waals surface area contributed by atoms with Crippen molar-refractivity contribution in [2.45, 2.75) is 62.7 Å². The molecule has 1 spiro atoms. The number of nitrogens with zero attached hydrogens (tertiary/aromatic N) is 1. The number of hydrogen-bond acceptors (Lipinski definition) is 3. The Bertz CT molecular complexity index is 4340. The predicted molar refractivity (Wildman–Crippen MR) is 261 cm³/mol. The third-order valence-electron chi connectivity index (χ3n) is 20.2. The highest BCUT2D eigenvalue weighted by Gasteiger charge is 2.68. The molecule has 0 N–H and O–H groups in total. The largest absolute Gasteiger partial charge is 0.485 e. The van der Waals surface area contributed by atoms with Crippen LogP contribution in [0.5, 0.6) is 11.5 Å². The van der Waals surface area contributed by atoms with E-state index < -0.39 is 0 Å². The highest BCUT2D eigenvalue weighted by molar-refractivity contribution is 6.55. The van der Waals surface area contributed by atoms with Gasteiger partial charge >= 0.3 is 0 Å². The van der Waals surface area contributed by atoms with Crippen molar-refractivity contribution in [3.8, 4) is 11.5 Å². The van der Waals surface area contributed by atoms with Gasteiger partial charge in [0, 0.05) is 41.7 Å². The summed E-state index contributed by atoms with van der Waals surface area (Å²) in [6.45, 7) is 2.13. The lowest BCUT2D eigenvalue weighted by molar-refractivity contribution is 0.203. The van der Waals surface area contributed by atoms with Gasteiger partial charge in [-0.1, -0.05) is 84.4 Å². The molecule has 8 unspecified atom stereocenters. The molecule has 1 aliphatic heterocycles. The first-order valence-corrected chi connectivity index (χ1v) is 24.7. The van der Waals surface area contributed by atoms with Crippen molar-refractivity contribution in [2.24, 2.45) is 23.2 Å². The van der Waals surface area contributed by atoms with Crippen LogP contribution in [0, 0.1) is 23.2 Å². The summed E-state index contributed by atoms with van der Waals surface area (Å²) in [4.78, 5) is 2.81. The van der Waals surface area contributed by atoms with E-state index in [1.807, 2.05) is 11.1 Å². The first kappa shape index (κ1) is 32.3. The normalized spacial score (nSPS) is 28.7. The Kier molecular flexibility index (Phi) is 4.91. The lowest BCUT2D eigenvalue weighted by Gasteiger charge is -2.45. The van der Waals surface area contributed by atoms with Crippen LogP contribution in [0.3, 0.4) is 0 Å². The van der Waals surface area contributed by atoms with Crippen LogP contribution in [0.25, 0.3) is 92.6 Å². The summed E-state index contributed by atoms with van der Waals surface area (Å²) in [7, 11) is 2.47. The molecule has 0 bridgehead atoms. The minimum Gasteiger partial charge on any atom is -0.485 e. The molecule has 3 heteroatoms. The topological polar surface area (TPSA) is 21.7 Å². The number of ether oxygens (including phenoxy) is 2. The number of benzene rings is 7. The lowest BCUT2D eigenvalue weighted by atomic mass is 9.58. The molecule has 9 aliphatic rings. The fourth-order valence-electron chi connectivity index (χ4n) is 18.8. The van der Waals surface area contributed by atoms with Crippen LogP contribution >= 0.6 is 0 Å². The molecule has 8 aliphatic carbocycles. The standard InChI is InChI=1S/C62H41NO2/c1-63-23-37-36-20-34-18-31-16-32-15-29-14-30-17-33-19-35-22-62(37,61(63)28-12-13-38(64-24-26-8-4-2-5-9-26)39(21-28)65-25-27-10-6-3-7-11-27)60-46(35)51-45(33)50-41(30)40(29)48-44(32)49-42(31)43(34)52-47(36)59(60)58-56(51)54(50)53(48)55(49)57(52)58/h2-17,21,33-35,37,43,46,61H,18-20,22-25H2,1H3. The van der Waals surface area contributed by atoms with E-state index in [1.165, 1.54) is 52.8 Å². The summed E-state index contributed by atoms with van der Waals surface area (Å²) >= 11 is 0. The van der Waals surface area contributed by atoms with Gasteiger partial charge in [0.1, 0.15) is 13.2 Å². The van der Waals surface area contributed by atoms with Crippen molar-refractivity contribution in [3.05, 3.63) is 157 Å². The van der Waals surface area contributed by atoms with Crippen LogP contribution in [0.4, 0.5) is 0 Å². The molecule has 3 nitrogen and oxygen atoms in total. The van der Waals surface area contributed by atoms with Crippen molar-refractivity contribution in [2.75, 3.05) is 13.6 Å². The average molecular weight is 832 g/mol. The summed E-state index contributed by atoms with van der Waals surface area (Å²) in [5.41, 5.74) is 16.2. The van der Waals surface area contributed by atoms with Crippen molar-refractivity contribution >= 4 is 92.6 Å². The van der Waals surface area contributed by atoms with E-state index in [0.717, 1.165) is 23.6 Å². The second kappa shape index (κ2) is 9.88. The Balaban J connectivity index is 0.905. The Hall–Kier alpha value is -6.42. The van der Waals surface area contributed by atoms with Crippen LogP contribution in [-0.4, -0.2) is 18.5 Å². The van der Waals surface area contributed by atoms with Crippen molar-refractivity contribution in [3.63, 3.8) is 0 Å². The van der Waals surface area contributed by atoms with E-state index in [9.17, 15) is 0 Å². The van der Waals surface area contributed by atoms with Crippen LogP contribution in [-0.2, 0) is 19.6 Å². The number of rotatable bonds is 7. The molecule has 1 saturated heterocycles. The van der Waals surface area contributed by atoms with Gasteiger partial charge in [0.25, 0.3) is 0 Å². The zero-order valence-corrected chi connectivity index (χ0v) is 36.1. The van der Waals surface area contributed by atoms with E-state index in [2.05, 4.69) is 115 Å². The number of fused-ring (bicyclic) bond motifs is 1. The second-order valence-electron chi connectivity index (χ2n) is 22.5. The Morgan fingerprint density at radius 2 is 1.29 bits per heavy atom. The average Bonchev–Trinajstić information content (AvgIpc) is 4.19. The van der Waals surface area contributed by atoms with Crippen molar-refractivity contribution < 1.29 is 9.47 Å². The molecule has 0 radical (unpaired) electrons. The SMILES string of the molecule is CN1CC2C3=c4c5c6c7c4=C4C8c9c%10c%11c%12c(cc%13cc%14cc%15c(c%16c%14c(c%13%12)c(c%11c97)c6%16)C5C(C3)C%15)=CC%10CC8CC42C1c1ccc(OCc2ccccc2)c(OCc2ccccc2)c1. The molecular formula is C62H41NO2. The molecule has 11 aromatic carbocycles. The molecule has 8 atom stereocenters. The summed E-state index contributed by atoms with van der Waals surface area (Å²) in [5.74, 6) is 4.98. The monoisotopic (exact) mass is 831 g/mol. The van der Waals surface area contributed by atoms with Crippen LogP contribution in [0.15, 0.2) is 97.1 Å². The van der Waals surface area contributed by atoms with Gasteiger partial charge in [-0.2, -0.15) is 0 Å². The lowest BCUT2D eigenvalue weighted by Crippen LogP contribution is -2.48. The summed E-state index contributed by atoms with van der Waals surface area (Å²) in [6.07, 6.45) is 7.77. The zero-order valence-electron chi connectivity index (χ0n) is 36.1. The highest BCUT2D eigenvalue weighted by Crippen LogP contribution is 2.77. The van der Waals surface area contributed by atoms with Gasteiger partial charge in [-0.05, 0) is 210 Å². The van der Waals surface area contributed by atoms with Gasteiger partial charge in [-0.25, -0.2) is 0 Å². The van der Waals surface area contributed by atoms with Crippen LogP contribution in [0.1, 0.15) is 87.6 Å². The molecular weight excluding hydrogens is 791 g/mol. The zero-order chi connectivity index (χ0) is 41.2. The fourth-order valence-corrected chi connectivity index (χ4v) is 18.8. The van der Waals surface area contributed by atoms with E-state index >= 15 is 0 Å². The minimum atomic E-state index is 0.0136. The third-order valence-corrected chi connectivity index (χ3v) is 20.2. The smallest absolute Gasteiger partial charge is 0.162 e. The predicted octanol–water partition coefficient (Wildman–Crippen LogP) is 11.4. The van der Waals surface area contributed by atoms with Crippen molar-refractivity contribution in [1.29, 1.82) is 0 Å². The number of likely N-dealkylation sites (tertiary alicyclic amines) is 1. The maximum Gasteiger partial charge on any atom is 0.162 e. The molecule has 20 rings (SSSR count). The molecule has 1 saturated carbocycles. The molecule has 0 amide bonds. The molecule has 11 aromatic rings. The summed E-state index contributed by atoms with van der Waals surface area (Å²) < 4.78 is 13.6. The van der Waals surface area contributed by atoms with Gasteiger partial charge in [-0.15, -0.1) is 0 Å². The van der Waals surface area contributed by atoms with E-state index in [1.54, 1.807) is 103 Å². The maximum absolute atomic E-state index is 6.90. The molecule has 2 fully saturated rings.